The highest BCUT2D eigenvalue weighted by molar-refractivity contribution is 5.85. The number of nitrogens with one attached hydrogen (secondary N) is 1. The Bertz CT molecular complexity index is 1140. The molecule has 1 heterocycles. The van der Waals surface area contributed by atoms with Crippen molar-refractivity contribution < 1.29 is 45.7 Å². The molecule has 2 aliphatic rings. The molecule has 0 bridgehead atoms. The average molecular weight is 530 g/mol. The van der Waals surface area contributed by atoms with E-state index < -0.39 is 59.0 Å². The van der Waals surface area contributed by atoms with Crippen LogP contribution in [0.5, 0.6) is 0 Å². The lowest BCUT2D eigenvalue weighted by Gasteiger charge is -2.43. The molecule has 202 valence electrons. The van der Waals surface area contributed by atoms with Gasteiger partial charge in [-0.1, -0.05) is 24.3 Å². The molecule has 4 rings (SSSR count). The van der Waals surface area contributed by atoms with Crippen molar-refractivity contribution in [3.05, 3.63) is 70.8 Å². The summed E-state index contributed by atoms with van der Waals surface area (Å²) in [5.74, 6) is -3.59. The van der Waals surface area contributed by atoms with E-state index in [2.05, 4.69) is 5.32 Å². The van der Waals surface area contributed by atoms with E-state index in [0.717, 1.165) is 18.2 Å². The van der Waals surface area contributed by atoms with E-state index in [0.29, 0.717) is 0 Å². The van der Waals surface area contributed by atoms with Gasteiger partial charge >= 0.3 is 6.18 Å². The minimum atomic E-state index is -4.53. The van der Waals surface area contributed by atoms with Crippen LogP contribution in [0.3, 0.4) is 0 Å². The van der Waals surface area contributed by atoms with Crippen LogP contribution in [0.2, 0.25) is 0 Å². The smallest absolute Gasteiger partial charge is 0.370 e. The summed E-state index contributed by atoms with van der Waals surface area (Å²) in [5, 5.41) is 2.55. The average Bonchev–Trinajstić information content (AvgIpc) is 3.16. The number of ether oxygens (including phenoxy) is 4. The first-order chi connectivity index (χ1) is 17.3. The quantitative estimate of drug-likeness (QED) is 0.518. The van der Waals surface area contributed by atoms with Gasteiger partial charge in [0, 0.05) is 25.5 Å². The molecule has 37 heavy (non-hydrogen) atoms. The molecule has 1 aliphatic carbocycles. The zero-order valence-electron chi connectivity index (χ0n) is 20.5. The molecule has 11 heteroatoms. The molecule has 0 radical (unpaired) electrons. The second kappa shape index (κ2) is 10.3. The van der Waals surface area contributed by atoms with Crippen LogP contribution in [-0.4, -0.2) is 42.7 Å². The minimum absolute atomic E-state index is 0.0178. The highest BCUT2D eigenvalue weighted by Crippen LogP contribution is 2.44. The van der Waals surface area contributed by atoms with Crippen LogP contribution in [0.4, 0.5) is 22.0 Å². The second-order valence-electron chi connectivity index (χ2n) is 9.67. The Balaban J connectivity index is 1.60. The van der Waals surface area contributed by atoms with Gasteiger partial charge in [-0.05, 0) is 37.6 Å². The van der Waals surface area contributed by atoms with E-state index in [1.807, 2.05) is 0 Å². The van der Waals surface area contributed by atoms with Gasteiger partial charge in [0.05, 0.1) is 31.0 Å². The van der Waals surface area contributed by atoms with Crippen LogP contribution in [0.1, 0.15) is 43.4 Å². The standard InChI is InChI=1S/C26H28F5NO5/c1-24(2)36-20-12-25(23(33)32-3,35-13-15-6-4-8-17(10-15)26(29,30)31)11-19(22(20)37-24)34-14-16-7-5-9-18(27)21(16)28/h4-10,19-20,22H,11-14H2,1-3H3,(H,32,33)/t19-,20-,22+,25-/m1/s1. The maximum Gasteiger partial charge on any atom is 0.416 e. The van der Waals surface area contributed by atoms with Gasteiger partial charge in [-0.15, -0.1) is 0 Å². The highest BCUT2D eigenvalue weighted by Gasteiger charge is 2.57. The van der Waals surface area contributed by atoms with Gasteiger partial charge < -0.3 is 24.3 Å². The summed E-state index contributed by atoms with van der Waals surface area (Å²) < 4.78 is 91.4. The first-order valence-electron chi connectivity index (χ1n) is 11.8. The number of alkyl halides is 3. The van der Waals surface area contributed by atoms with Crippen LogP contribution in [0.25, 0.3) is 0 Å². The van der Waals surface area contributed by atoms with Crippen molar-refractivity contribution >= 4 is 5.91 Å². The van der Waals surface area contributed by atoms with Gasteiger partial charge in [0.25, 0.3) is 5.91 Å². The summed E-state index contributed by atoms with van der Waals surface area (Å²) in [5.41, 5.74) is -2.17. The van der Waals surface area contributed by atoms with Crippen molar-refractivity contribution in [3.8, 4) is 0 Å². The Kier molecular flexibility index (Phi) is 7.62. The number of hydrogen-bond donors (Lipinski definition) is 1. The lowest BCUT2D eigenvalue weighted by atomic mass is 9.78. The Labute approximate surface area is 211 Å². The van der Waals surface area contributed by atoms with Crippen molar-refractivity contribution in [3.63, 3.8) is 0 Å². The number of carbonyl (C=O) groups excluding carboxylic acids is 1. The summed E-state index contributed by atoms with van der Waals surface area (Å²) in [7, 11) is 1.41. The SMILES string of the molecule is CNC(=O)[C@@]1(OCc2cccc(C(F)(F)F)c2)C[C@@H](OCc2cccc(F)c2F)[C@@H]2OC(C)(C)O[C@@H]2C1. The Morgan fingerprint density at radius 3 is 2.51 bits per heavy atom. The molecule has 4 atom stereocenters. The number of hydrogen-bond acceptors (Lipinski definition) is 5. The molecule has 1 saturated heterocycles. The van der Waals surface area contributed by atoms with Crippen LogP contribution in [0, 0.1) is 11.6 Å². The summed E-state index contributed by atoms with van der Waals surface area (Å²) in [6.07, 6.45) is -6.66. The summed E-state index contributed by atoms with van der Waals surface area (Å²) >= 11 is 0. The van der Waals surface area contributed by atoms with Gasteiger partial charge in [0.2, 0.25) is 0 Å². The van der Waals surface area contributed by atoms with Crippen molar-refractivity contribution in [2.75, 3.05) is 7.05 Å². The molecule has 6 nitrogen and oxygen atoms in total. The zero-order chi connectivity index (χ0) is 27.0. The third-order valence-electron chi connectivity index (χ3n) is 6.54. The summed E-state index contributed by atoms with van der Waals surface area (Å²) in [4.78, 5) is 13.1. The molecule has 0 spiro atoms. The number of halogens is 5. The summed E-state index contributed by atoms with van der Waals surface area (Å²) in [6, 6.07) is 8.37. The van der Waals surface area contributed by atoms with E-state index in [1.54, 1.807) is 13.8 Å². The van der Waals surface area contributed by atoms with Gasteiger partial charge in [-0.2, -0.15) is 13.2 Å². The first kappa shape index (κ1) is 27.4. The molecule has 1 aliphatic heterocycles. The van der Waals surface area contributed by atoms with E-state index in [4.69, 9.17) is 18.9 Å². The number of amides is 1. The Hall–Kier alpha value is -2.60. The number of likely N-dealkylation sites (N-methyl/N-ethyl adjacent to an activating group) is 1. The fourth-order valence-corrected chi connectivity index (χ4v) is 4.85. The molecular formula is C26H28F5NO5. The van der Waals surface area contributed by atoms with Crippen molar-refractivity contribution in [1.29, 1.82) is 0 Å². The van der Waals surface area contributed by atoms with Gasteiger partial charge in [-0.3, -0.25) is 4.79 Å². The Morgan fingerprint density at radius 2 is 1.81 bits per heavy atom. The predicted molar refractivity (Wildman–Crippen MR) is 121 cm³/mol. The van der Waals surface area contributed by atoms with Crippen LogP contribution >= 0.6 is 0 Å². The van der Waals surface area contributed by atoms with E-state index in [9.17, 15) is 26.7 Å². The minimum Gasteiger partial charge on any atom is -0.370 e. The number of carbonyl (C=O) groups is 1. The predicted octanol–water partition coefficient (Wildman–Crippen LogP) is 4.88. The molecule has 2 fully saturated rings. The largest absolute Gasteiger partial charge is 0.416 e. The molecule has 1 saturated carbocycles. The lowest BCUT2D eigenvalue weighted by Crippen LogP contribution is -2.59. The topological polar surface area (TPSA) is 66.0 Å². The van der Waals surface area contributed by atoms with Crippen molar-refractivity contribution in [2.24, 2.45) is 0 Å². The zero-order valence-corrected chi connectivity index (χ0v) is 20.5. The molecule has 1 N–H and O–H groups in total. The van der Waals surface area contributed by atoms with Crippen molar-refractivity contribution in [2.45, 2.75) is 75.8 Å². The second-order valence-corrected chi connectivity index (χ2v) is 9.67. The monoisotopic (exact) mass is 529 g/mol. The first-order valence-corrected chi connectivity index (χ1v) is 11.8. The van der Waals surface area contributed by atoms with Crippen LogP contribution in [-0.2, 0) is 43.1 Å². The van der Waals surface area contributed by atoms with E-state index in [1.165, 1.54) is 31.3 Å². The fourth-order valence-electron chi connectivity index (χ4n) is 4.85. The number of rotatable bonds is 7. The van der Waals surface area contributed by atoms with Crippen LogP contribution in [0.15, 0.2) is 42.5 Å². The highest BCUT2D eigenvalue weighted by atomic mass is 19.4. The van der Waals surface area contributed by atoms with Crippen LogP contribution < -0.4 is 5.32 Å². The fraction of sp³-hybridized carbons (Fsp3) is 0.500. The summed E-state index contributed by atoms with van der Waals surface area (Å²) in [6.45, 7) is 2.79. The molecule has 0 unspecified atom stereocenters. The van der Waals surface area contributed by atoms with Gasteiger partial charge in [0.15, 0.2) is 23.0 Å². The molecule has 2 aromatic rings. The van der Waals surface area contributed by atoms with Gasteiger partial charge in [0.1, 0.15) is 6.10 Å². The van der Waals surface area contributed by atoms with Gasteiger partial charge in [-0.25, -0.2) is 8.78 Å². The lowest BCUT2D eigenvalue weighted by molar-refractivity contribution is -0.183. The number of fused-ring (bicyclic) bond motifs is 1. The maximum absolute atomic E-state index is 14.2. The molecule has 1 amide bonds. The van der Waals surface area contributed by atoms with Crippen molar-refractivity contribution in [1.82, 2.24) is 5.32 Å². The molecule has 0 aromatic heterocycles. The van der Waals surface area contributed by atoms with E-state index >= 15 is 0 Å². The number of benzene rings is 2. The third kappa shape index (κ3) is 5.95. The maximum atomic E-state index is 14.2. The van der Waals surface area contributed by atoms with E-state index in [-0.39, 0.29) is 37.2 Å². The normalized spacial score (nSPS) is 27.1. The Morgan fingerprint density at radius 1 is 1.08 bits per heavy atom. The third-order valence-corrected chi connectivity index (χ3v) is 6.54. The molecule has 2 aromatic carbocycles. The molecular weight excluding hydrogens is 501 g/mol.